The van der Waals surface area contributed by atoms with Gasteiger partial charge in [0.15, 0.2) is 0 Å². The van der Waals surface area contributed by atoms with E-state index in [0.717, 1.165) is 49.6 Å². The molecule has 1 atom stereocenters. The van der Waals surface area contributed by atoms with Gasteiger partial charge in [0.2, 0.25) is 5.91 Å². The number of carbonyl (C=O) groups is 1. The van der Waals surface area contributed by atoms with Crippen LogP contribution in [-0.2, 0) is 17.8 Å². The fourth-order valence-corrected chi connectivity index (χ4v) is 5.40. The lowest BCUT2D eigenvalue weighted by Crippen LogP contribution is -2.55. The summed E-state index contributed by atoms with van der Waals surface area (Å²) >= 11 is 6.27. The van der Waals surface area contributed by atoms with Gasteiger partial charge in [0.1, 0.15) is 0 Å². The maximum Gasteiger partial charge on any atom is 0.228 e. The Bertz CT molecular complexity index is 1080. The second kappa shape index (κ2) is 8.33. The van der Waals surface area contributed by atoms with Crippen LogP contribution >= 0.6 is 11.6 Å². The summed E-state index contributed by atoms with van der Waals surface area (Å²) in [5.74, 6) is 0.938. The van der Waals surface area contributed by atoms with Crippen LogP contribution in [0.3, 0.4) is 0 Å². The SMILES string of the molecule is CC(C)CC1c2[nH]c3ccc(Cl)cc3c2CCN1C(=O)C1CN(Cc2ccccc2)C1. The van der Waals surface area contributed by atoms with Gasteiger partial charge in [-0.15, -0.1) is 0 Å². The van der Waals surface area contributed by atoms with Crippen LogP contribution in [0, 0.1) is 11.8 Å². The number of amides is 1. The molecule has 1 unspecified atom stereocenters. The molecule has 0 bridgehead atoms. The number of hydrogen-bond acceptors (Lipinski definition) is 2. The predicted octanol–water partition coefficient (Wildman–Crippen LogP) is 5.43. The van der Waals surface area contributed by atoms with Crippen LogP contribution in [0.15, 0.2) is 48.5 Å². The lowest BCUT2D eigenvalue weighted by molar-refractivity contribution is -0.145. The number of halogens is 1. The second-order valence-electron chi connectivity index (χ2n) is 9.51. The quantitative estimate of drug-likeness (QED) is 0.580. The van der Waals surface area contributed by atoms with Gasteiger partial charge in [0.05, 0.1) is 12.0 Å². The first-order chi connectivity index (χ1) is 15.0. The average molecular weight is 436 g/mol. The van der Waals surface area contributed by atoms with E-state index in [0.29, 0.717) is 11.8 Å². The highest BCUT2D eigenvalue weighted by atomic mass is 35.5. The topological polar surface area (TPSA) is 39.3 Å². The number of likely N-dealkylation sites (tertiary alicyclic amines) is 1. The Morgan fingerprint density at radius 2 is 1.94 bits per heavy atom. The number of fused-ring (bicyclic) bond motifs is 3. The Balaban J connectivity index is 1.34. The number of nitrogens with zero attached hydrogens (tertiary/aromatic N) is 2. The minimum Gasteiger partial charge on any atom is -0.356 e. The zero-order chi connectivity index (χ0) is 21.5. The molecule has 2 aromatic carbocycles. The molecule has 31 heavy (non-hydrogen) atoms. The third-order valence-corrected chi connectivity index (χ3v) is 6.98. The zero-order valence-electron chi connectivity index (χ0n) is 18.3. The number of H-pyrrole nitrogens is 1. The van der Waals surface area contributed by atoms with E-state index in [-0.39, 0.29) is 12.0 Å². The van der Waals surface area contributed by atoms with Crippen molar-refractivity contribution >= 4 is 28.4 Å². The van der Waals surface area contributed by atoms with Crippen molar-refractivity contribution < 1.29 is 4.79 Å². The lowest BCUT2D eigenvalue weighted by Gasteiger charge is -2.44. The van der Waals surface area contributed by atoms with Crippen molar-refractivity contribution in [3.05, 3.63) is 70.4 Å². The molecule has 1 fully saturated rings. The van der Waals surface area contributed by atoms with Gasteiger partial charge in [-0.25, -0.2) is 0 Å². The number of rotatable bonds is 5. The number of benzene rings is 2. The first-order valence-corrected chi connectivity index (χ1v) is 11.7. The monoisotopic (exact) mass is 435 g/mol. The third kappa shape index (κ3) is 3.99. The Kier molecular flexibility index (Phi) is 5.53. The van der Waals surface area contributed by atoms with E-state index in [2.05, 4.69) is 65.0 Å². The Morgan fingerprint density at radius 1 is 1.16 bits per heavy atom. The van der Waals surface area contributed by atoms with E-state index in [1.165, 1.54) is 22.2 Å². The molecule has 0 aliphatic carbocycles. The molecule has 0 spiro atoms. The summed E-state index contributed by atoms with van der Waals surface area (Å²) in [5.41, 5.74) is 4.98. The van der Waals surface area contributed by atoms with E-state index in [1.54, 1.807) is 0 Å². The van der Waals surface area contributed by atoms with Crippen molar-refractivity contribution in [3.8, 4) is 0 Å². The molecule has 2 aliphatic heterocycles. The third-order valence-electron chi connectivity index (χ3n) is 6.75. The predicted molar refractivity (Wildman–Crippen MR) is 126 cm³/mol. The maximum absolute atomic E-state index is 13.5. The van der Waals surface area contributed by atoms with Crippen LogP contribution in [0.2, 0.25) is 5.02 Å². The molecule has 0 saturated carbocycles. The molecule has 1 N–H and O–H groups in total. The van der Waals surface area contributed by atoms with Crippen molar-refractivity contribution in [2.45, 2.75) is 39.3 Å². The maximum atomic E-state index is 13.5. The zero-order valence-corrected chi connectivity index (χ0v) is 19.0. The minimum absolute atomic E-state index is 0.110. The normalized spacial score (nSPS) is 19.6. The molecule has 1 saturated heterocycles. The number of aromatic amines is 1. The van der Waals surface area contributed by atoms with Crippen LogP contribution in [-0.4, -0.2) is 40.3 Å². The van der Waals surface area contributed by atoms with Gasteiger partial charge < -0.3 is 9.88 Å². The summed E-state index contributed by atoms with van der Waals surface area (Å²) < 4.78 is 0. The molecule has 3 heterocycles. The first-order valence-electron chi connectivity index (χ1n) is 11.4. The van der Waals surface area contributed by atoms with Gasteiger partial charge in [-0.3, -0.25) is 9.69 Å². The summed E-state index contributed by atoms with van der Waals surface area (Å²) in [6, 6.07) is 16.7. The van der Waals surface area contributed by atoms with Gasteiger partial charge >= 0.3 is 0 Å². The Labute approximate surface area is 189 Å². The molecule has 162 valence electrons. The second-order valence-corrected chi connectivity index (χ2v) is 9.95. The standard InChI is InChI=1S/C26H30ClN3O/c1-17(2)12-24-25-21(22-13-20(27)8-9-23(22)28-25)10-11-30(24)26(31)19-15-29(16-19)14-18-6-4-3-5-7-18/h3-9,13,17,19,24,28H,10-12,14-16H2,1-2H3. The summed E-state index contributed by atoms with van der Waals surface area (Å²) in [6.45, 7) is 7.90. The average Bonchev–Trinajstić information content (AvgIpc) is 3.09. The number of nitrogens with one attached hydrogen (secondary N) is 1. The summed E-state index contributed by atoms with van der Waals surface area (Å²) in [6.07, 6.45) is 1.86. The smallest absolute Gasteiger partial charge is 0.228 e. The van der Waals surface area contributed by atoms with Gasteiger partial charge in [0.25, 0.3) is 0 Å². The Hall–Kier alpha value is -2.30. The fraction of sp³-hybridized carbons (Fsp3) is 0.423. The van der Waals surface area contributed by atoms with Crippen LogP contribution in [0.5, 0.6) is 0 Å². The highest BCUT2D eigenvalue weighted by molar-refractivity contribution is 6.31. The van der Waals surface area contributed by atoms with E-state index < -0.39 is 0 Å². The molecule has 3 aromatic rings. The fourth-order valence-electron chi connectivity index (χ4n) is 5.23. The van der Waals surface area contributed by atoms with E-state index >= 15 is 0 Å². The van der Waals surface area contributed by atoms with Gasteiger partial charge in [0, 0.05) is 47.8 Å². The molecular formula is C26H30ClN3O. The summed E-state index contributed by atoms with van der Waals surface area (Å²) in [7, 11) is 0. The number of carbonyl (C=O) groups excluding carboxylic acids is 1. The highest BCUT2D eigenvalue weighted by Crippen LogP contribution is 2.39. The molecule has 2 aliphatic rings. The van der Waals surface area contributed by atoms with Crippen molar-refractivity contribution in [2.75, 3.05) is 19.6 Å². The summed E-state index contributed by atoms with van der Waals surface area (Å²) in [5, 5.41) is 1.97. The van der Waals surface area contributed by atoms with E-state index in [9.17, 15) is 4.79 Å². The lowest BCUT2D eigenvalue weighted by atomic mass is 9.89. The molecule has 1 aromatic heterocycles. The van der Waals surface area contributed by atoms with Crippen LogP contribution in [0.4, 0.5) is 0 Å². The van der Waals surface area contributed by atoms with Gasteiger partial charge in [-0.2, -0.15) is 0 Å². The van der Waals surface area contributed by atoms with Crippen LogP contribution in [0.1, 0.15) is 43.1 Å². The molecule has 0 radical (unpaired) electrons. The molecular weight excluding hydrogens is 406 g/mol. The molecule has 5 rings (SSSR count). The van der Waals surface area contributed by atoms with Crippen LogP contribution in [0.25, 0.3) is 10.9 Å². The molecule has 5 heteroatoms. The van der Waals surface area contributed by atoms with Crippen molar-refractivity contribution in [1.29, 1.82) is 0 Å². The number of aromatic nitrogens is 1. The van der Waals surface area contributed by atoms with E-state index in [1.807, 2.05) is 12.1 Å². The highest BCUT2D eigenvalue weighted by Gasteiger charge is 2.40. The van der Waals surface area contributed by atoms with Crippen molar-refractivity contribution in [1.82, 2.24) is 14.8 Å². The van der Waals surface area contributed by atoms with Crippen molar-refractivity contribution in [3.63, 3.8) is 0 Å². The van der Waals surface area contributed by atoms with Crippen molar-refractivity contribution in [2.24, 2.45) is 11.8 Å². The largest absolute Gasteiger partial charge is 0.356 e. The molecule has 4 nitrogen and oxygen atoms in total. The van der Waals surface area contributed by atoms with Crippen LogP contribution < -0.4 is 0 Å². The number of hydrogen-bond donors (Lipinski definition) is 1. The first kappa shape index (κ1) is 20.6. The molecule has 1 amide bonds. The minimum atomic E-state index is 0.110. The Morgan fingerprint density at radius 3 is 2.68 bits per heavy atom. The van der Waals surface area contributed by atoms with Gasteiger partial charge in [-0.1, -0.05) is 55.8 Å². The summed E-state index contributed by atoms with van der Waals surface area (Å²) in [4.78, 5) is 21.7. The van der Waals surface area contributed by atoms with Gasteiger partial charge in [-0.05, 0) is 48.1 Å². The van der Waals surface area contributed by atoms with E-state index in [4.69, 9.17) is 11.6 Å².